The van der Waals surface area contributed by atoms with Gasteiger partial charge in [-0.3, -0.25) is 10.1 Å². The number of nitriles is 1. The predicted octanol–water partition coefficient (Wildman–Crippen LogP) is 2.64. The molecular formula is C16H11N7O2. The molecule has 2 aromatic carbocycles. The maximum atomic E-state index is 10.7. The molecule has 3 rings (SSSR count). The Morgan fingerprint density at radius 1 is 1.04 bits per heavy atom. The van der Waals surface area contributed by atoms with Crippen LogP contribution >= 0.6 is 0 Å². The monoisotopic (exact) mass is 333 g/mol. The highest BCUT2D eigenvalue weighted by Gasteiger charge is 2.10. The highest BCUT2D eigenvalue weighted by molar-refractivity contribution is 5.62. The lowest BCUT2D eigenvalue weighted by molar-refractivity contribution is -0.384. The second-order valence-corrected chi connectivity index (χ2v) is 4.97. The molecule has 25 heavy (non-hydrogen) atoms. The third kappa shape index (κ3) is 3.65. The molecule has 0 aliphatic rings. The summed E-state index contributed by atoms with van der Waals surface area (Å²) >= 11 is 0. The number of nitrogens with two attached hydrogens (primary N) is 1. The average molecular weight is 333 g/mol. The van der Waals surface area contributed by atoms with Crippen LogP contribution in [-0.2, 0) is 0 Å². The molecule has 0 bridgehead atoms. The molecule has 9 heteroatoms. The number of nitrogens with one attached hydrogen (secondary N) is 1. The first-order valence-corrected chi connectivity index (χ1v) is 7.09. The van der Waals surface area contributed by atoms with E-state index < -0.39 is 4.92 Å². The van der Waals surface area contributed by atoms with E-state index in [2.05, 4.69) is 20.3 Å². The summed E-state index contributed by atoms with van der Waals surface area (Å²) in [7, 11) is 0. The van der Waals surface area contributed by atoms with Gasteiger partial charge in [-0.2, -0.15) is 20.2 Å². The van der Waals surface area contributed by atoms with E-state index in [0.717, 1.165) is 0 Å². The third-order valence-corrected chi connectivity index (χ3v) is 3.24. The summed E-state index contributed by atoms with van der Waals surface area (Å²) in [6, 6.07) is 14.5. The first-order valence-electron chi connectivity index (χ1n) is 7.09. The summed E-state index contributed by atoms with van der Waals surface area (Å²) in [6.07, 6.45) is 0. The fraction of sp³-hybridized carbons (Fsp3) is 0. The Kier molecular flexibility index (Phi) is 4.17. The van der Waals surface area contributed by atoms with Crippen LogP contribution in [0.5, 0.6) is 0 Å². The molecule has 0 amide bonds. The summed E-state index contributed by atoms with van der Waals surface area (Å²) in [5.41, 5.74) is 7.46. The van der Waals surface area contributed by atoms with Crippen molar-refractivity contribution in [1.82, 2.24) is 15.0 Å². The first-order chi connectivity index (χ1) is 12.0. The number of aromatic nitrogens is 3. The van der Waals surface area contributed by atoms with Gasteiger partial charge in [-0.05, 0) is 36.4 Å². The summed E-state index contributed by atoms with van der Waals surface area (Å²) < 4.78 is 0. The molecule has 1 heterocycles. The molecule has 0 aliphatic carbocycles. The minimum absolute atomic E-state index is 0.0264. The largest absolute Gasteiger partial charge is 0.399 e. The Bertz CT molecular complexity index is 963. The van der Waals surface area contributed by atoms with Gasteiger partial charge in [-0.15, -0.1) is 0 Å². The van der Waals surface area contributed by atoms with Crippen LogP contribution in [0.2, 0.25) is 0 Å². The van der Waals surface area contributed by atoms with Crippen molar-refractivity contribution in [2.45, 2.75) is 0 Å². The van der Waals surface area contributed by atoms with Crippen LogP contribution in [0, 0.1) is 21.4 Å². The van der Waals surface area contributed by atoms with Gasteiger partial charge in [0.05, 0.1) is 4.92 Å². The van der Waals surface area contributed by atoms with Crippen LogP contribution in [0.4, 0.5) is 23.0 Å². The van der Waals surface area contributed by atoms with E-state index >= 15 is 0 Å². The molecule has 0 atom stereocenters. The smallest absolute Gasteiger partial charge is 0.269 e. The molecule has 0 saturated carbocycles. The van der Waals surface area contributed by atoms with Gasteiger partial charge in [-0.1, -0.05) is 0 Å². The fourth-order valence-electron chi connectivity index (χ4n) is 2.04. The molecule has 122 valence electrons. The van der Waals surface area contributed by atoms with Gasteiger partial charge >= 0.3 is 0 Å². The van der Waals surface area contributed by atoms with Crippen molar-refractivity contribution in [3.05, 3.63) is 64.5 Å². The van der Waals surface area contributed by atoms with Crippen LogP contribution < -0.4 is 11.1 Å². The highest BCUT2D eigenvalue weighted by Crippen LogP contribution is 2.21. The van der Waals surface area contributed by atoms with Crippen molar-refractivity contribution in [3.8, 4) is 17.5 Å². The lowest BCUT2D eigenvalue weighted by Gasteiger charge is -2.07. The molecule has 0 aliphatic heterocycles. The van der Waals surface area contributed by atoms with Crippen LogP contribution in [0.15, 0.2) is 48.5 Å². The number of nitrogen functional groups attached to an aromatic ring is 1. The third-order valence-electron chi connectivity index (χ3n) is 3.24. The lowest BCUT2D eigenvalue weighted by atomic mass is 10.2. The number of nitro groups is 1. The fourth-order valence-corrected chi connectivity index (χ4v) is 2.04. The minimum Gasteiger partial charge on any atom is -0.399 e. The van der Waals surface area contributed by atoms with Crippen LogP contribution in [0.1, 0.15) is 5.82 Å². The maximum Gasteiger partial charge on any atom is 0.269 e. The number of nitrogens with zero attached hydrogens (tertiary/aromatic N) is 5. The second-order valence-electron chi connectivity index (χ2n) is 4.97. The van der Waals surface area contributed by atoms with E-state index in [0.29, 0.717) is 22.8 Å². The van der Waals surface area contributed by atoms with Gasteiger partial charge < -0.3 is 11.1 Å². The minimum atomic E-state index is -0.486. The van der Waals surface area contributed by atoms with Gasteiger partial charge in [0, 0.05) is 29.1 Å². The van der Waals surface area contributed by atoms with E-state index in [1.807, 2.05) is 6.07 Å². The Labute approximate surface area is 142 Å². The zero-order valence-electron chi connectivity index (χ0n) is 12.7. The number of rotatable bonds is 4. The molecule has 1 aromatic heterocycles. The van der Waals surface area contributed by atoms with Gasteiger partial charge in [-0.25, -0.2) is 0 Å². The lowest BCUT2D eigenvalue weighted by Crippen LogP contribution is -2.03. The van der Waals surface area contributed by atoms with E-state index in [9.17, 15) is 10.1 Å². The normalized spacial score (nSPS) is 10.0. The van der Waals surface area contributed by atoms with Gasteiger partial charge in [0.2, 0.25) is 11.8 Å². The van der Waals surface area contributed by atoms with E-state index in [4.69, 9.17) is 11.0 Å². The Morgan fingerprint density at radius 2 is 1.72 bits per heavy atom. The molecule has 0 saturated heterocycles. The number of hydrogen-bond acceptors (Lipinski definition) is 8. The summed E-state index contributed by atoms with van der Waals surface area (Å²) in [5.74, 6) is 0.425. The Hall–Kier alpha value is -4.06. The summed E-state index contributed by atoms with van der Waals surface area (Å²) in [5, 5.41) is 22.7. The highest BCUT2D eigenvalue weighted by atomic mass is 16.6. The molecule has 0 spiro atoms. The van der Waals surface area contributed by atoms with Crippen molar-refractivity contribution in [2.24, 2.45) is 0 Å². The first kappa shape index (κ1) is 15.8. The molecule has 0 fully saturated rings. The molecule has 0 radical (unpaired) electrons. The molecule has 9 nitrogen and oxygen atoms in total. The molecular weight excluding hydrogens is 322 g/mol. The van der Waals surface area contributed by atoms with Gasteiger partial charge in [0.1, 0.15) is 6.07 Å². The predicted molar refractivity (Wildman–Crippen MR) is 90.8 cm³/mol. The van der Waals surface area contributed by atoms with Crippen molar-refractivity contribution >= 4 is 23.0 Å². The standard InChI is InChI=1S/C16H11N7O2/c17-9-14-20-15(10-1-3-11(18)4-2-10)22-16(21-14)19-12-5-7-13(8-6-12)23(24)25/h1-8H,18H2,(H,19,20,21,22). The number of nitro benzene ring substituents is 1. The van der Waals surface area contributed by atoms with E-state index in [-0.39, 0.29) is 17.5 Å². The van der Waals surface area contributed by atoms with Crippen molar-refractivity contribution in [3.63, 3.8) is 0 Å². The van der Waals surface area contributed by atoms with E-state index in [1.54, 1.807) is 24.3 Å². The van der Waals surface area contributed by atoms with Gasteiger partial charge in [0.15, 0.2) is 5.82 Å². The average Bonchev–Trinajstić information content (AvgIpc) is 2.62. The number of hydrogen-bond donors (Lipinski definition) is 2. The maximum absolute atomic E-state index is 10.7. The number of benzene rings is 2. The van der Waals surface area contributed by atoms with Gasteiger partial charge in [0.25, 0.3) is 5.69 Å². The van der Waals surface area contributed by atoms with Crippen molar-refractivity contribution in [2.75, 3.05) is 11.1 Å². The summed E-state index contributed by atoms with van der Waals surface area (Å²) in [6.45, 7) is 0. The summed E-state index contributed by atoms with van der Waals surface area (Å²) in [4.78, 5) is 22.5. The molecule has 3 N–H and O–H groups in total. The van der Waals surface area contributed by atoms with E-state index in [1.165, 1.54) is 24.3 Å². The van der Waals surface area contributed by atoms with Crippen molar-refractivity contribution in [1.29, 1.82) is 5.26 Å². The zero-order chi connectivity index (χ0) is 17.8. The van der Waals surface area contributed by atoms with Crippen LogP contribution in [-0.4, -0.2) is 19.9 Å². The van der Waals surface area contributed by atoms with Crippen LogP contribution in [0.3, 0.4) is 0 Å². The topological polar surface area (TPSA) is 144 Å². The Morgan fingerprint density at radius 3 is 2.32 bits per heavy atom. The SMILES string of the molecule is N#Cc1nc(Nc2ccc([N+](=O)[O-])cc2)nc(-c2ccc(N)cc2)n1. The number of anilines is 3. The second kappa shape index (κ2) is 6.59. The quantitative estimate of drug-likeness (QED) is 0.421. The molecule has 0 unspecified atom stereocenters. The van der Waals surface area contributed by atoms with Crippen molar-refractivity contribution < 1.29 is 4.92 Å². The van der Waals surface area contributed by atoms with Crippen LogP contribution in [0.25, 0.3) is 11.4 Å². The Balaban J connectivity index is 1.93. The zero-order valence-corrected chi connectivity index (χ0v) is 12.7. The number of non-ortho nitro benzene ring substituents is 1. The molecule has 3 aromatic rings.